The van der Waals surface area contributed by atoms with Crippen LogP contribution in [-0.2, 0) is 4.74 Å². The third-order valence-electron chi connectivity index (χ3n) is 6.69. The Bertz CT molecular complexity index is 1470. The molecule has 190 valence electrons. The second-order valence-corrected chi connectivity index (χ2v) is 10.6. The summed E-state index contributed by atoms with van der Waals surface area (Å²) in [5.41, 5.74) is 1.74. The fourth-order valence-electron chi connectivity index (χ4n) is 5.00. The number of ether oxygens (including phenoxy) is 1. The molecular weight excluding hydrogens is 464 g/mol. The summed E-state index contributed by atoms with van der Waals surface area (Å²) in [7, 11) is 0. The molecule has 1 aliphatic heterocycles. The van der Waals surface area contributed by atoms with Crippen molar-refractivity contribution < 1.29 is 14.3 Å². The van der Waals surface area contributed by atoms with Crippen LogP contribution in [0.3, 0.4) is 0 Å². The molecule has 37 heavy (non-hydrogen) atoms. The highest BCUT2D eigenvalue weighted by Gasteiger charge is 2.35. The van der Waals surface area contributed by atoms with Crippen molar-refractivity contribution in [2.24, 2.45) is 0 Å². The van der Waals surface area contributed by atoms with Crippen LogP contribution >= 0.6 is 0 Å². The predicted molar refractivity (Wildman–Crippen MR) is 146 cm³/mol. The summed E-state index contributed by atoms with van der Waals surface area (Å²) in [5, 5.41) is 2.92. The van der Waals surface area contributed by atoms with Crippen molar-refractivity contribution in [3.05, 3.63) is 78.1 Å². The number of aryl methyl sites for hydroxylation is 1. The topological polar surface area (TPSA) is 75.6 Å². The van der Waals surface area contributed by atoms with Crippen LogP contribution in [0.4, 0.5) is 10.6 Å². The maximum absolute atomic E-state index is 14.3. The second-order valence-electron chi connectivity index (χ2n) is 10.6. The molecule has 4 aromatic rings. The predicted octanol–water partition coefficient (Wildman–Crippen LogP) is 6.14. The quantitative estimate of drug-likeness (QED) is 0.341. The SMILES string of the molecule is Cc1cccc2ccnc(N(C(=O)c3ccc4cccnc4c3)[C@@H]3CCCN(C(=O)OC(C)(C)C)C3)c12. The number of carbonyl (C=O) groups is 2. The first-order valence-corrected chi connectivity index (χ1v) is 12.7. The molecule has 0 aliphatic carbocycles. The zero-order valence-corrected chi connectivity index (χ0v) is 21.8. The highest BCUT2D eigenvalue weighted by Crippen LogP contribution is 2.33. The van der Waals surface area contributed by atoms with E-state index in [1.807, 2.05) is 82.3 Å². The van der Waals surface area contributed by atoms with E-state index in [1.165, 1.54) is 0 Å². The van der Waals surface area contributed by atoms with Gasteiger partial charge in [0.1, 0.15) is 11.4 Å². The average Bonchev–Trinajstić information content (AvgIpc) is 2.88. The van der Waals surface area contributed by atoms with Crippen molar-refractivity contribution in [1.29, 1.82) is 0 Å². The Kier molecular flexibility index (Phi) is 6.54. The van der Waals surface area contributed by atoms with Crippen molar-refractivity contribution in [1.82, 2.24) is 14.9 Å². The Morgan fingerprint density at radius 1 is 1.00 bits per heavy atom. The summed E-state index contributed by atoms with van der Waals surface area (Å²) in [4.78, 5) is 39.9. The number of likely N-dealkylation sites (tertiary alicyclic amines) is 1. The van der Waals surface area contributed by atoms with Gasteiger partial charge in [-0.05, 0) is 75.8 Å². The van der Waals surface area contributed by atoms with Crippen LogP contribution in [0, 0.1) is 6.92 Å². The van der Waals surface area contributed by atoms with Crippen molar-refractivity contribution in [3.63, 3.8) is 0 Å². The molecule has 0 radical (unpaired) electrons. The Hall–Kier alpha value is -4.00. The van der Waals surface area contributed by atoms with Crippen LogP contribution in [0.2, 0.25) is 0 Å². The number of anilines is 1. The van der Waals surface area contributed by atoms with E-state index in [4.69, 9.17) is 9.72 Å². The molecule has 7 heteroatoms. The number of aromatic nitrogens is 2. The lowest BCUT2D eigenvalue weighted by Crippen LogP contribution is -2.53. The fourth-order valence-corrected chi connectivity index (χ4v) is 5.00. The number of piperidine rings is 1. The van der Waals surface area contributed by atoms with E-state index in [2.05, 4.69) is 4.98 Å². The minimum Gasteiger partial charge on any atom is -0.444 e. The van der Waals surface area contributed by atoms with Gasteiger partial charge in [-0.1, -0.05) is 30.3 Å². The summed E-state index contributed by atoms with van der Waals surface area (Å²) in [6, 6.07) is 17.2. The van der Waals surface area contributed by atoms with Gasteiger partial charge in [0.25, 0.3) is 5.91 Å². The van der Waals surface area contributed by atoms with Gasteiger partial charge in [-0.2, -0.15) is 0 Å². The summed E-state index contributed by atoms with van der Waals surface area (Å²) in [6.45, 7) is 8.58. The largest absolute Gasteiger partial charge is 0.444 e. The smallest absolute Gasteiger partial charge is 0.410 e. The molecule has 5 rings (SSSR count). The number of carbonyl (C=O) groups excluding carboxylic acids is 2. The first kappa shape index (κ1) is 24.7. The number of hydrogen-bond acceptors (Lipinski definition) is 5. The highest BCUT2D eigenvalue weighted by molar-refractivity contribution is 6.11. The van der Waals surface area contributed by atoms with Crippen molar-refractivity contribution in [2.75, 3.05) is 18.0 Å². The minimum absolute atomic E-state index is 0.160. The van der Waals surface area contributed by atoms with Gasteiger partial charge in [-0.3, -0.25) is 14.7 Å². The van der Waals surface area contributed by atoms with Crippen LogP contribution in [-0.4, -0.2) is 51.6 Å². The maximum Gasteiger partial charge on any atom is 0.410 e. The molecule has 7 nitrogen and oxygen atoms in total. The molecule has 0 spiro atoms. The molecule has 0 unspecified atom stereocenters. The molecule has 1 saturated heterocycles. The summed E-state index contributed by atoms with van der Waals surface area (Å²) in [5.74, 6) is 0.449. The Balaban J connectivity index is 1.59. The van der Waals surface area contributed by atoms with Gasteiger partial charge in [0, 0.05) is 41.8 Å². The summed E-state index contributed by atoms with van der Waals surface area (Å²) < 4.78 is 5.65. The normalized spacial score (nSPS) is 16.1. The molecule has 0 N–H and O–H groups in total. The highest BCUT2D eigenvalue weighted by atomic mass is 16.6. The van der Waals surface area contributed by atoms with Crippen LogP contribution in [0.25, 0.3) is 21.7 Å². The van der Waals surface area contributed by atoms with Crippen LogP contribution < -0.4 is 4.90 Å². The summed E-state index contributed by atoms with van der Waals surface area (Å²) >= 11 is 0. The molecule has 1 aliphatic rings. The van der Waals surface area contributed by atoms with Gasteiger partial charge in [0.15, 0.2) is 0 Å². The molecule has 2 amide bonds. The van der Waals surface area contributed by atoms with E-state index in [-0.39, 0.29) is 18.0 Å². The van der Waals surface area contributed by atoms with E-state index in [0.717, 1.165) is 40.1 Å². The third-order valence-corrected chi connectivity index (χ3v) is 6.69. The zero-order valence-electron chi connectivity index (χ0n) is 21.8. The average molecular weight is 497 g/mol. The molecule has 0 bridgehead atoms. The fraction of sp³-hybridized carbons (Fsp3) is 0.333. The summed E-state index contributed by atoms with van der Waals surface area (Å²) in [6.07, 6.45) is 4.62. The van der Waals surface area contributed by atoms with Gasteiger partial charge in [0.05, 0.1) is 11.6 Å². The molecule has 1 atom stereocenters. The maximum atomic E-state index is 14.3. The van der Waals surface area contributed by atoms with E-state index in [1.54, 1.807) is 22.2 Å². The molecule has 1 fully saturated rings. The molecular formula is C30H32N4O3. The number of nitrogens with zero attached hydrogens (tertiary/aromatic N) is 4. The van der Waals surface area contributed by atoms with Gasteiger partial charge < -0.3 is 9.64 Å². The van der Waals surface area contributed by atoms with Gasteiger partial charge >= 0.3 is 6.09 Å². The van der Waals surface area contributed by atoms with Gasteiger partial charge in [-0.25, -0.2) is 9.78 Å². The van der Waals surface area contributed by atoms with Crippen molar-refractivity contribution in [3.8, 4) is 0 Å². The van der Waals surface area contributed by atoms with Crippen LogP contribution in [0.5, 0.6) is 0 Å². The van der Waals surface area contributed by atoms with E-state index in [9.17, 15) is 9.59 Å². The number of fused-ring (bicyclic) bond motifs is 2. The van der Waals surface area contributed by atoms with E-state index >= 15 is 0 Å². The van der Waals surface area contributed by atoms with E-state index < -0.39 is 5.60 Å². The lowest BCUT2D eigenvalue weighted by molar-refractivity contribution is 0.0196. The molecule has 2 aromatic heterocycles. The standard InChI is InChI=1S/C30H32N4O3/c1-20-8-5-9-22-14-16-32-27(26(20)22)34(24-11-7-17-33(19-24)29(36)37-30(2,3)4)28(35)23-13-12-21-10-6-15-31-25(21)18-23/h5-6,8-10,12-16,18,24H,7,11,17,19H2,1-4H3/t24-/m1/s1. The third kappa shape index (κ3) is 5.12. The molecule has 3 heterocycles. The van der Waals surface area contributed by atoms with Gasteiger partial charge in [0.2, 0.25) is 0 Å². The number of benzene rings is 2. The zero-order chi connectivity index (χ0) is 26.2. The second kappa shape index (κ2) is 9.81. The number of hydrogen-bond donors (Lipinski definition) is 0. The van der Waals surface area contributed by atoms with Gasteiger partial charge in [-0.15, -0.1) is 0 Å². The Morgan fingerprint density at radius 2 is 1.81 bits per heavy atom. The minimum atomic E-state index is -0.591. The van der Waals surface area contributed by atoms with Crippen LogP contribution in [0.15, 0.2) is 67.0 Å². The Labute approximate surface area is 217 Å². The first-order valence-electron chi connectivity index (χ1n) is 12.7. The molecule has 2 aromatic carbocycles. The Morgan fingerprint density at radius 3 is 2.62 bits per heavy atom. The van der Waals surface area contributed by atoms with Crippen LogP contribution in [0.1, 0.15) is 49.5 Å². The monoisotopic (exact) mass is 496 g/mol. The first-order chi connectivity index (χ1) is 17.7. The number of pyridine rings is 2. The number of rotatable bonds is 3. The van der Waals surface area contributed by atoms with Crippen molar-refractivity contribution >= 4 is 39.5 Å². The number of amides is 2. The van der Waals surface area contributed by atoms with E-state index in [0.29, 0.717) is 24.5 Å². The molecule has 0 saturated carbocycles. The lowest BCUT2D eigenvalue weighted by atomic mass is 10.00. The van der Waals surface area contributed by atoms with Crippen molar-refractivity contribution in [2.45, 2.75) is 52.2 Å². The lowest BCUT2D eigenvalue weighted by Gasteiger charge is -2.39.